The topological polar surface area (TPSA) is 59.8 Å². The highest BCUT2D eigenvalue weighted by molar-refractivity contribution is 7.99. The zero-order valence-electron chi connectivity index (χ0n) is 15.2. The zero-order valence-corrected chi connectivity index (χ0v) is 16.8. The van der Waals surface area contributed by atoms with Crippen molar-refractivity contribution in [3.8, 4) is 11.4 Å². The van der Waals surface area contributed by atoms with E-state index in [1.54, 1.807) is 0 Å². The lowest BCUT2D eigenvalue weighted by Gasteiger charge is -2.14. The van der Waals surface area contributed by atoms with Crippen LogP contribution in [-0.4, -0.2) is 26.4 Å². The van der Waals surface area contributed by atoms with Gasteiger partial charge in [0, 0.05) is 17.1 Å². The molecule has 1 aromatic heterocycles. The molecule has 0 bridgehead atoms. The van der Waals surface area contributed by atoms with Gasteiger partial charge in [0.25, 0.3) is 0 Å². The van der Waals surface area contributed by atoms with Crippen molar-refractivity contribution in [2.75, 3.05) is 5.75 Å². The first-order valence-corrected chi connectivity index (χ1v) is 10.1. The van der Waals surface area contributed by atoms with Crippen LogP contribution >= 0.6 is 23.4 Å². The summed E-state index contributed by atoms with van der Waals surface area (Å²) >= 11 is 7.34. The summed E-state index contributed by atoms with van der Waals surface area (Å²) in [7, 11) is 0. The Morgan fingerprint density at radius 2 is 1.85 bits per heavy atom. The van der Waals surface area contributed by atoms with Crippen molar-refractivity contribution >= 4 is 29.3 Å². The highest BCUT2D eigenvalue weighted by atomic mass is 35.5. The zero-order chi connectivity index (χ0) is 19.2. The van der Waals surface area contributed by atoms with Gasteiger partial charge in [0.05, 0.1) is 11.8 Å². The summed E-state index contributed by atoms with van der Waals surface area (Å²) in [5.41, 5.74) is 2.03. The van der Waals surface area contributed by atoms with Gasteiger partial charge < -0.3 is 9.88 Å². The molecule has 1 amide bonds. The number of halogens is 1. The van der Waals surface area contributed by atoms with Gasteiger partial charge in [-0.2, -0.15) is 0 Å². The molecule has 0 spiro atoms. The van der Waals surface area contributed by atoms with Gasteiger partial charge in [-0.3, -0.25) is 4.79 Å². The summed E-state index contributed by atoms with van der Waals surface area (Å²) in [6.07, 6.45) is 0. The summed E-state index contributed by atoms with van der Waals surface area (Å²) in [5.74, 6) is 1.03. The van der Waals surface area contributed by atoms with E-state index in [-0.39, 0.29) is 17.7 Å². The van der Waals surface area contributed by atoms with Gasteiger partial charge in [0.1, 0.15) is 0 Å². The number of benzene rings is 2. The predicted octanol–water partition coefficient (Wildman–Crippen LogP) is 4.59. The van der Waals surface area contributed by atoms with E-state index in [4.69, 9.17) is 11.6 Å². The van der Waals surface area contributed by atoms with Gasteiger partial charge in [0.15, 0.2) is 11.0 Å². The average molecular weight is 401 g/mol. The van der Waals surface area contributed by atoms with Crippen LogP contribution in [0, 0.1) is 0 Å². The lowest BCUT2D eigenvalue weighted by Crippen LogP contribution is -2.28. The molecule has 0 aliphatic rings. The fraction of sp³-hybridized carbons (Fsp3) is 0.250. The standard InChI is InChI=1S/C20H21ClN4OS/c1-3-25-19(16-9-11-17(21)12-10-16)23-24-20(25)27-13-18(26)22-14(2)15-7-5-4-6-8-15/h4-12,14H,3,13H2,1-2H3,(H,22,26)/t14-/m1/s1. The second-order valence-corrected chi connectivity index (χ2v) is 7.42. The number of carbonyl (C=O) groups is 1. The lowest BCUT2D eigenvalue weighted by atomic mass is 10.1. The number of nitrogens with zero attached hydrogens (tertiary/aromatic N) is 3. The van der Waals surface area contributed by atoms with Crippen LogP contribution in [0.15, 0.2) is 59.8 Å². The summed E-state index contributed by atoms with van der Waals surface area (Å²) in [4.78, 5) is 12.3. The average Bonchev–Trinajstić information content (AvgIpc) is 3.10. The van der Waals surface area contributed by atoms with Gasteiger partial charge in [-0.15, -0.1) is 10.2 Å². The van der Waals surface area contributed by atoms with E-state index in [0.29, 0.717) is 5.02 Å². The molecule has 0 saturated carbocycles. The highest BCUT2D eigenvalue weighted by Gasteiger charge is 2.15. The van der Waals surface area contributed by atoms with Crippen LogP contribution in [0.5, 0.6) is 0 Å². The number of carbonyl (C=O) groups excluding carboxylic acids is 1. The van der Waals surface area contributed by atoms with Crippen molar-refractivity contribution < 1.29 is 4.79 Å². The first kappa shape index (κ1) is 19.5. The number of rotatable bonds is 7. The SMILES string of the molecule is CCn1c(SCC(=O)N[C@H](C)c2ccccc2)nnc1-c1ccc(Cl)cc1. The Kier molecular flexibility index (Phi) is 6.53. The largest absolute Gasteiger partial charge is 0.349 e. The van der Waals surface area contributed by atoms with Crippen LogP contribution in [0.1, 0.15) is 25.5 Å². The van der Waals surface area contributed by atoms with Crippen molar-refractivity contribution in [1.82, 2.24) is 20.1 Å². The number of amides is 1. The van der Waals surface area contributed by atoms with Crippen LogP contribution in [-0.2, 0) is 11.3 Å². The second kappa shape index (κ2) is 9.06. The second-order valence-electron chi connectivity index (χ2n) is 6.05. The molecule has 0 aliphatic heterocycles. The molecule has 27 heavy (non-hydrogen) atoms. The molecule has 0 unspecified atom stereocenters. The molecule has 5 nitrogen and oxygen atoms in total. The molecule has 0 fully saturated rings. The third-order valence-electron chi connectivity index (χ3n) is 4.14. The summed E-state index contributed by atoms with van der Waals surface area (Å²) in [5, 5.41) is 13.0. The summed E-state index contributed by atoms with van der Waals surface area (Å²) in [6.45, 7) is 4.73. The summed E-state index contributed by atoms with van der Waals surface area (Å²) in [6, 6.07) is 17.4. The van der Waals surface area contributed by atoms with Crippen molar-refractivity contribution in [2.24, 2.45) is 0 Å². The third kappa shape index (κ3) is 4.90. The Morgan fingerprint density at radius 3 is 2.52 bits per heavy atom. The molecule has 2 aromatic carbocycles. The molecule has 7 heteroatoms. The van der Waals surface area contributed by atoms with E-state index in [2.05, 4.69) is 15.5 Å². The third-order valence-corrected chi connectivity index (χ3v) is 5.36. The highest BCUT2D eigenvalue weighted by Crippen LogP contribution is 2.25. The van der Waals surface area contributed by atoms with Crippen LogP contribution < -0.4 is 5.32 Å². The number of aromatic nitrogens is 3. The molecule has 3 aromatic rings. The minimum absolute atomic E-state index is 0.0324. The van der Waals surface area contributed by atoms with Crippen LogP contribution in [0.3, 0.4) is 0 Å². The first-order valence-electron chi connectivity index (χ1n) is 8.74. The fourth-order valence-corrected chi connectivity index (χ4v) is 3.67. The maximum Gasteiger partial charge on any atom is 0.230 e. The molecule has 0 aliphatic carbocycles. The molecular weight excluding hydrogens is 380 g/mol. The maximum absolute atomic E-state index is 12.3. The molecule has 1 N–H and O–H groups in total. The monoisotopic (exact) mass is 400 g/mol. The Balaban J connectivity index is 1.64. The maximum atomic E-state index is 12.3. The van der Waals surface area contributed by atoms with Gasteiger partial charge in [-0.1, -0.05) is 53.7 Å². The fourth-order valence-electron chi connectivity index (χ4n) is 2.73. The number of thioether (sulfide) groups is 1. The van der Waals surface area contributed by atoms with Gasteiger partial charge in [0.2, 0.25) is 5.91 Å². The Morgan fingerprint density at radius 1 is 1.15 bits per heavy atom. The molecule has 140 valence electrons. The summed E-state index contributed by atoms with van der Waals surface area (Å²) < 4.78 is 2.00. The lowest BCUT2D eigenvalue weighted by molar-refractivity contribution is -0.119. The van der Waals surface area contributed by atoms with Crippen LogP contribution in [0.2, 0.25) is 5.02 Å². The number of nitrogens with one attached hydrogen (secondary N) is 1. The molecule has 0 saturated heterocycles. The quantitative estimate of drug-likeness (QED) is 0.589. The van der Waals surface area contributed by atoms with Gasteiger partial charge in [-0.05, 0) is 43.7 Å². The molecule has 3 rings (SSSR count). The number of hydrogen-bond donors (Lipinski definition) is 1. The number of hydrogen-bond acceptors (Lipinski definition) is 4. The van der Waals surface area contributed by atoms with Crippen molar-refractivity contribution in [3.63, 3.8) is 0 Å². The Hall–Kier alpha value is -2.31. The van der Waals surface area contributed by atoms with E-state index in [1.165, 1.54) is 11.8 Å². The Bertz CT molecular complexity index is 896. The molecular formula is C20H21ClN4OS. The normalized spacial score (nSPS) is 12.0. The van der Waals surface area contributed by atoms with E-state index in [9.17, 15) is 4.79 Å². The minimum Gasteiger partial charge on any atom is -0.349 e. The van der Waals surface area contributed by atoms with Crippen molar-refractivity contribution in [3.05, 3.63) is 65.2 Å². The molecule has 1 atom stereocenters. The van der Waals surface area contributed by atoms with E-state index in [0.717, 1.165) is 28.7 Å². The Labute approximate surface area is 168 Å². The van der Waals surface area contributed by atoms with Gasteiger partial charge >= 0.3 is 0 Å². The van der Waals surface area contributed by atoms with Crippen molar-refractivity contribution in [1.29, 1.82) is 0 Å². The van der Waals surface area contributed by atoms with E-state index >= 15 is 0 Å². The van der Waals surface area contributed by atoms with E-state index in [1.807, 2.05) is 73.0 Å². The first-order chi connectivity index (χ1) is 13.1. The van der Waals surface area contributed by atoms with Crippen molar-refractivity contribution in [2.45, 2.75) is 31.6 Å². The predicted molar refractivity (Wildman–Crippen MR) is 110 cm³/mol. The molecule has 0 radical (unpaired) electrons. The van der Waals surface area contributed by atoms with Crippen LogP contribution in [0.4, 0.5) is 0 Å². The minimum atomic E-state index is -0.0343. The van der Waals surface area contributed by atoms with Crippen LogP contribution in [0.25, 0.3) is 11.4 Å². The van der Waals surface area contributed by atoms with Gasteiger partial charge in [-0.25, -0.2) is 0 Å². The molecule has 1 heterocycles. The van der Waals surface area contributed by atoms with E-state index < -0.39 is 0 Å². The smallest absolute Gasteiger partial charge is 0.230 e.